The van der Waals surface area contributed by atoms with Crippen LogP contribution in [0.3, 0.4) is 0 Å². The Balaban J connectivity index is 1.99. The van der Waals surface area contributed by atoms with Crippen molar-refractivity contribution in [2.45, 2.75) is 32.1 Å². The first-order valence-corrected chi connectivity index (χ1v) is 5.43. The van der Waals surface area contributed by atoms with Crippen LogP contribution >= 0.6 is 0 Å². The molecule has 0 aromatic rings. The molecule has 3 rings (SSSR count). The largest absolute Gasteiger partial charge is 0.481 e. The topological polar surface area (TPSA) is 54.4 Å². The average molecular weight is 194 g/mol. The van der Waals surface area contributed by atoms with Gasteiger partial charge in [0.2, 0.25) is 0 Å². The number of ketones is 1. The number of hydrogen-bond acceptors (Lipinski definition) is 2. The van der Waals surface area contributed by atoms with E-state index in [0.29, 0.717) is 12.3 Å². The molecule has 4 atom stereocenters. The molecule has 3 aliphatic carbocycles. The van der Waals surface area contributed by atoms with E-state index >= 15 is 0 Å². The third kappa shape index (κ3) is 0.748. The smallest absolute Gasteiger partial charge is 0.307 e. The van der Waals surface area contributed by atoms with Gasteiger partial charge >= 0.3 is 5.97 Å². The van der Waals surface area contributed by atoms with Crippen LogP contribution in [-0.2, 0) is 9.59 Å². The molecule has 0 unspecified atom stereocenters. The number of aliphatic carboxylic acids is 1. The SMILES string of the molecule is O=C(O)[C@@H]1[C@@H]2C(=O)CC[C@H]3CCC[C@@]312. The van der Waals surface area contributed by atoms with Gasteiger partial charge in [-0.1, -0.05) is 6.42 Å². The van der Waals surface area contributed by atoms with Crippen molar-refractivity contribution in [3.05, 3.63) is 0 Å². The molecule has 3 saturated carbocycles. The number of carbonyl (C=O) groups is 2. The van der Waals surface area contributed by atoms with Crippen LogP contribution in [0.15, 0.2) is 0 Å². The standard InChI is InChI=1S/C11H14O3/c12-7-4-3-6-2-1-5-11(6)8(7)9(11)10(13)14/h6,8-9H,1-5H2,(H,13,14)/t6-,8+,9+,11+/m1/s1. The molecular weight excluding hydrogens is 180 g/mol. The van der Waals surface area contributed by atoms with Crippen molar-refractivity contribution in [3.63, 3.8) is 0 Å². The van der Waals surface area contributed by atoms with Gasteiger partial charge in [0.05, 0.1) is 5.92 Å². The number of carboxylic acids is 1. The molecule has 0 aliphatic heterocycles. The second-order valence-electron chi connectivity index (χ2n) is 5.00. The lowest BCUT2D eigenvalue weighted by Gasteiger charge is -2.23. The maximum Gasteiger partial charge on any atom is 0.307 e. The van der Waals surface area contributed by atoms with Crippen molar-refractivity contribution in [2.75, 3.05) is 0 Å². The Kier molecular flexibility index (Phi) is 1.44. The fraction of sp³-hybridized carbons (Fsp3) is 0.818. The first-order valence-electron chi connectivity index (χ1n) is 5.43. The predicted octanol–water partition coefficient (Wildman–Crippen LogP) is 1.47. The Bertz CT molecular complexity index is 316. The first-order chi connectivity index (χ1) is 6.68. The van der Waals surface area contributed by atoms with Gasteiger partial charge in [0.15, 0.2) is 0 Å². The van der Waals surface area contributed by atoms with E-state index in [1.807, 2.05) is 0 Å². The Morgan fingerprint density at radius 3 is 2.93 bits per heavy atom. The number of hydrogen-bond donors (Lipinski definition) is 1. The van der Waals surface area contributed by atoms with Crippen molar-refractivity contribution in [3.8, 4) is 0 Å². The number of carbonyl (C=O) groups excluding carboxylic acids is 1. The minimum Gasteiger partial charge on any atom is -0.481 e. The zero-order chi connectivity index (χ0) is 9.92. The summed E-state index contributed by atoms with van der Waals surface area (Å²) >= 11 is 0. The second-order valence-corrected chi connectivity index (χ2v) is 5.00. The minimum atomic E-state index is -0.739. The molecule has 0 aromatic heterocycles. The van der Waals surface area contributed by atoms with Gasteiger partial charge in [0.25, 0.3) is 0 Å². The molecule has 0 heterocycles. The van der Waals surface area contributed by atoms with Gasteiger partial charge in [-0.25, -0.2) is 0 Å². The molecule has 3 aliphatic rings. The summed E-state index contributed by atoms with van der Waals surface area (Å²) in [5.74, 6) is -0.426. The van der Waals surface area contributed by atoms with Crippen molar-refractivity contribution < 1.29 is 14.7 Å². The van der Waals surface area contributed by atoms with E-state index in [0.717, 1.165) is 25.7 Å². The molecule has 0 amide bonds. The van der Waals surface area contributed by atoms with Crippen LogP contribution in [0.1, 0.15) is 32.1 Å². The zero-order valence-corrected chi connectivity index (χ0v) is 8.03. The van der Waals surface area contributed by atoms with Gasteiger partial charge in [-0.2, -0.15) is 0 Å². The molecular formula is C11H14O3. The van der Waals surface area contributed by atoms with E-state index < -0.39 is 5.97 Å². The van der Waals surface area contributed by atoms with Crippen LogP contribution in [0.25, 0.3) is 0 Å². The summed E-state index contributed by atoms with van der Waals surface area (Å²) in [6.45, 7) is 0. The highest BCUT2D eigenvalue weighted by atomic mass is 16.4. The third-order valence-electron chi connectivity index (χ3n) is 4.66. The van der Waals surface area contributed by atoms with Crippen LogP contribution in [0.4, 0.5) is 0 Å². The lowest BCUT2D eigenvalue weighted by molar-refractivity contribution is -0.140. The Labute approximate surface area is 82.5 Å². The summed E-state index contributed by atoms with van der Waals surface area (Å²) in [5.41, 5.74) is -0.0822. The molecule has 0 radical (unpaired) electrons. The highest BCUT2D eigenvalue weighted by Gasteiger charge is 2.75. The van der Waals surface area contributed by atoms with Crippen molar-refractivity contribution in [1.29, 1.82) is 0 Å². The second kappa shape index (κ2) is 2.38. The lowest BCUT2D eigenvalue weighted by atomic mass is 9.80. The quantitative estimate of drug-likeness (QED) is 0.687. The maximum atomic E-state index is 11.6. The van der Waals surface area contributed by atoms with Gasteiger partial charge in [-0.05, 0) is 30.6 Å². The van der Waals surface area contributed by atoms with Gasteiger partial charge < -0.3 is 5.11 Å². The summed E-state index contributed by atoms with van der Waals surface area (Å²) in [5, 5.41) is 9.09. The molecule has 0 bridgehead atoms. The molecule has 3 heteroatoms. The molecule has 76 valence electrons. The van der Waals surface area contributed by atoms with E-state index in [-0.39, 0.29) is 23.0 Å². The van der Waals surface area contributed by atoms with Crippen LogP contribution in [-0.4, -0.2) is 16.9 Å². The Morgan fingerprint density at radius 1 is 1.43 bits per heavy atom. The summed E-state index contributed by atoms with van der Waals surface area (Å²) in [7, 11) is 0. The van der Waals surface area contributed by atoms with Gasteiger partial charge in [-0.3, -0.25) is 9.59 Å². The number of Topliss-reactive ketones (excluding diaryl/α,β-unsaturated/α-hetero) is 1. The fourth-order valence-corrected chi connectivity index (χ4v) is 4.15. The molecule has 0 aromatic carbocycles. The Hall–Kier alpha value is -0.860. The van der Waals surface area contributed by atoms with Crippen molar-refractivity contribution >= 4 is 11.8 Å². The van der Waals surface area contributed by atoms with Gasteiger partial charge in [0.1, 0.15) is 5.78 Å². The average Bonchev–Trinajstić information content (AvgIpc) is 2.62. The van der Waals surface area contributed by atoms with Crippen LogP contribution in [0.5, 0.6) is 0 Å². The minimum absolute atomic E-state index is 0.0822. The van der Waals surface area contributed by atoms with E-state index in [2.05, 4.69) is 0 Å². The highest BCUT2D eigenvalue weighted by Crippen LogP contribution is 2.73. The molecule has 3 fully saturated rings. The molecule has 1 N–H and O–H groups in total. The summed E-state index contributed by atoms with van der Waals surface area (Å²) < 4.78 is 0. The monoisotopic (exact) mass is 194 g/mol. The van der Waals surface area contributed by atoms with Crippen molar-refractivity contribution in [1.82, 2.24) is 0 Å². The normalized spacial score (nSPS) is 49.7. The summed E-state index contributed by atoms with van der Waals surface area (Å²) in [6, 6.07) is 0. The zero-order valence-electron chi connectivity index (χ0n) is 8.03. The molecule has 1 spiro atoms. The van der Waals surface area contributed by atoms with Crippen LogP contribution in [0, 0.1) is 23.2 Å². The van der Waals surface area contributed by atoms with E-state index in [1.165, 1.54) is 0 Å². The fourth-order valence-electron chi connectivity index (χ4n) is 4.15. The lowest BCUT2D eigenvalue weighted by Crippen LogP contribution is -2.22. The molecule has 14 heavy (non-hydrogen) atoms. The molecule has 0 saturated heterocycles. The number of carboxylic acid groups (broad SMARTS) is 1. The van der Waals surface area contributed by atoms with E-state index in [9.17, 15) is 9.59 Å². The van der Waals surface area contributed by atoms with E-state index in [4.69, 9.17) is 5.11 Å². The summed E-state index contributed by atoms with van der Waals surface area (Å²) in [4.78, 5) is 22.7. The maximum absolute atomic E-state index is 11.6. The number of rotatable bonds is 1. The Morgan fingerprint density at radius 2 is 2.21 bits per heavy atom. The first kappa shape index (κ1) is 8.45. The highest BCUT2D eigenvalue weighted by molar-refractivity contribution is 5.94. The summed E-state index contributed by atoms with van der Waals surface area (Å²) in [6.07, 6.45) is 4.82. The third-order valence-corrected chi connectivity index (χ3v) is 4.66. The van der Waals surface area contributed by atoms with Crippen molar-refractivity contribution in [2.24, 2.45) is 23.2 Å². The van der Waals surface area contributed by atoms with Gasteiger partial charge in [-0.15, -0.1) is 0 Å². The van der Waals surface area contributed by atoms with Gasteiger partial charge in [0, 0.05) is 12.3 Å². The van der Waals surface area contributed by atoms with Crippen LogP contribution in [0.2, 0.25) is 0 Å². The molecule has 3 nitrogen and oxygen atoms in total. The van der Waals surface area contributed by atoms with E-state index in [1.54, 1.807) is 0 Å². The predicted molar refractivity (Wildman–Crippen MR) is 48.6 cm³/mol. The van der Waals surface area contributed by atoms with Crippen LogP contribution < -0.4 is 0 Å².